The van der Waals surface area contributed by atoms with Crippen LogP contribution in [0.2, 0.25) is 0 Å². The molecule has 1 aliphatic heterocycles. The van der Waals surface area contributed by atoms with E-state index in [0.717, 1.165) is 35.5 Å². The Labute approximate surface area is 171 Å². The molecule has 0 aliphatic carbocycles. The van der Waals surface area contributed by atoms with Crippen molar-refractivity contribution in [3.05, 3.63) is 41.6 Å². The van der Waals surface area contributed by atoms with Crippen LogP contribution in [-0.2, 0) is 6.18 Å². The topological polar surface area (TPSA) is 73.3 Å². The molecule has 1 aromatic heterocycles. The molecule has 29 heavy (non-hydrogen) atoms. The van der Waals surface area contributed by atoms with Crippen LogP contribution in [-0.4, -0.2) is 43.7 Å². The smallest absolute Gasteiger partial charge is 0.416 e. The number of aromatic nitrogens is 1. The van der Waals surface area contributed by atoms with E-state index in [1.165, 1.54) is 24.4 Å². The summed E-state index contributed by atoms with van der Waals surface area (Å²) in [5.41, 5.74) is 1.51. The van der Waals surface area contributed by atoms with Crippen molar-refractivity contribution in [3.63, 3.8) is 0 Å². The molecule has 0 amide bonds. The fourth-order valence-corrected chi connectivity index (χ4v) is 4.17. The number of hydrogen-bond donors (Lipinski definition) is 3. The Kier molecular flexibility index (Phi) is 6.41. The van der Waals surface area contributed by atoms with Gasteiger partial charge in [-0.25, -0.2) is 4.98 Å². The summed E-state index contributed by atoms with van der Waals surface area (Å²) in [6.45, 7) is 1.21. The van der Waals surface area contributed by atoms with Crippen molar-refractivity contribution in [1.29, 1.82) is 5.41 Å². The third-order valence-corrected chi connectivity index (χ3v) is 5.73. The third-order valence-electron chi connectivity index (χ3n) is 4.69. The van der Waals surface area contributed by atoms with Gasteiger partial charge in [0.2, 0.25) is 0 Å². The highest BCUT2D eigenvalue weighted by molar-refractivity contribution is 8.01. The SMILES string of the molecule is CNc1c(C=N)ccc(OC)c1NSC1CCN(c2cc(C(F)(F)F)ccn2)C1. The van der Waals surface area contributed by atoms with E-state index in [1.54, 1.807) is 26.3 Å². The second kappa shape index (κ2) is 8.81. The minimum Gasteiger partial charge on any atom is -0.494 e. The molecule has 1 fully saturated rings. The van der Waals surface area contributed by atoms with Gasteiger partial charge >= 0.3 is 6.18 Å². The standard InChI is InChI=1S/C19H22F3N5OS/c1-24-17-12(10-23)3-4-15(28-2)18(17)26-29-14-6-8-27(11-14)16-9-13(5-7-25-16)19(20,21)22/h3-5,7,9-10,14,23-24,26H,6,8,11H2,1-2H3. The zero-order valence-corrected chi connectivity index (χ0v) is 16.8. The van der Waals surface area contributed by atoms with E-state index in [-0.39, 0.29) is 5.25 Å². The number of nitrogens with one attached hydrogen (secondary N) is 3. The Morgan fingerprint density at radius 1 is 1.31 bits per heavy atom. The highest BCUT2D eigenvalue weighted by Gasteiger charge is 2.32. The fraction of sp³-hybridized carbons (Fsp3) is 0.368. The molecule has 1 atom stereocenters. The molecule has 0 saturated carbocycles. The van der Waals surface area contributed by atoms with Gasteiger partial charge in [-0.2, -0.15) is 13.2 Å². The monoisotopic (exact) mass is 425 g/mol. The lowest BCUT2D eigenvalue weighted by Crippen LogP contribution is -2.22. The zero-order valence-electron chi connectivity index (χ0n) is 16.0. The molecule has 1 saturated heterocycles. The summed E-state index contributed by atoms with van der Waals surface area (Å²) in [6.07, 6.45) is -1.12. The van der Waals surface area contributed by atoms with Gasteiger partial charge in [-0.15, -0.1) is 0 Å². The third kappa shape index (κ3) is 4.69. The van der Waals surface area contributed by atoms with Gasteiger partial charge in [0.1, 0.15) is 17.3 Å². The summed E-state index contributed by atoms with van der Waals surface area (Å²) in [6, 6.07) is 5.66. The van der Waals surface area contributed by atoms with Crippen LogP contribution in [0.5, 0.6) is 5.75 Å². The second-order valence-corrected chi connectivity index (χ2v) is 7.58. The summed E-state index contributed by atoms with van der Waals surface area (Å²) >= 11 is 1.49. The molecule has 0 bridgehead atoms. The molecule has 6 nitrogen and oxygen atoms in total. The maximum absolute atomic E-state index is 13.0. The van der Waals surface area contributed by atoms with Crippen molar-refractivity contribution >= 4 is 35.4 Å². The van der Waals surface area contributed by atoms with E-state index in [2.05, 4.69) is 15.0 Å². The molecular weight excluding hydrogens is 403 g/mol. The van der Waals surface area contributed by atoms with Crippen LogP contribution < -0.4 is 19.7 Å². The number of ether oxygens (including phenoxy) is 1. The van der Waals surface area contributed by atoms with Crippen molar-refractivity contribution in [2.24, 2.45) is 0 Å². The molecule has 156 valence electrons. The molecule has 0 spiro atoms. The maximum atomic E-state index is 13.0. The van der Waals surface area contributed by atoms with Crippen LogP contribution in [0.25, 0.3) is 0 Å². The molecule has 2 aromatic rings. The molecule has 1 unspecified atom stereocenters. The first-order chi connectivity index (χ1) is 13.9. The van der Waals surface area contributed by atoms with Crippen LogP contribution in [0.1, 0.15) is 17.5 Å². The summed E-state index contributed by atoms with van der Waals surface area (Å²) in [5.74, 6) is 0.976. The molecule has 2 heterocycles. The maximum Gasteiger partial charge on any atom is 0.416 e. The molecule has 3 N–H and O–H groups in total. The van der Waals surface area contributed by atoms with E-state index in [0.29, 0.717) is 24.7 Å². The van der Waals surface area contributed by atoms with E-state index in [9.17, 15) is 13.2 Å². The predicted molar refractivity (Wildman–Crippen MR) is 111 cm³/mol. The van der Waals surface area contributed by atoms with Gasteiger partial charge in [0.05, 0.1) is 18.4 Å². The summed E-state index contributed by atoms with van der Waals surface area (Å²) in [7, 11) is 3.35. The van der Waals surface area contributed by atoms with Crippen LogP contribution in [0, 0.1) is 5.41 Å². The number of pyridine rings is 1. The van der Waals surface area contributed by atoms with Gasteiger partial charge in [0.15, 0.2) is 0 Å². The number of hydrogen-bond acceptors (Lipinski definition) is 7. The van der Waals surface area contributed by atoms with Crippen LogP contribution in [0.3, 0.4) is 0 Å². The van der Waals surface area contributed by atoms with Crippen LogP contribution >= 0.6 is 11.9 Å². The molecule has 0 radical (unpaired) electrons. The first-order valence-corrected chi connectivity index (χ1v) is 9.84. The summed E-state index contributed by atoms with van der Waals surface area (Å²) < 4.78 is 47.6. The van der Waals surface area contributed by atoms with Crippen LogP contribution in [0.15, 0.2) is 30.5 Å². The molecule has 3 rings (SSSR count). The molecule has 1 aromatic carbocycles. The van der Waals surface area contributed by atoms with Gasteiger partial charge in [0.25, 0.3) is 0 Å². The van der Waals surface area contributed by atoms with E-state index in [1.807, 2.05) is 4.90 Å². The Balaban J connectivity index is 1.70. The summed E-state index contributed by atoms with van der Waals surface area (Å²) in [4.78, 5) is 5.97. The number of nitrogens with zero attached hydrogens (tertiary/aromatic N) is 2. The molecule has 1 aliphatic rings. The van der Waals surface area contributed by atoms with Crippen LogP contribution in [0.4, 0.5) is 30.4 Å². The highest BCUT2D eigenvalue weighted by Crippen LogP contribution is 2.39. The number of rotatable bonds is 7. The minimum atomic E-state index is -4.38. The lowest BCUT2D eigenvalue weighted by atomic mass is 10.1. The van der Waals surface area contributed by atoms with Crippen molar-refractivity contribution in [1.82, 2.24) is 4.98 Å². The zero-order chi connectivity index (χ0) is 21.0. The minimum absolute atomic E-state index is 0.157. The summed E-state index contributed by atoms with van der Waals surface area (Å²) in [5, 5.41) is 10.8. The molecule has 10 heteroatoms. The van der Waals surface area contributed by atoms with E-state index in [4.69, 9.17) is 10.1 Å². The number of alkyl halides is 3. The Hall–Kier alpha value is -2.62. The average molecular weight is 425 g/mol. The Morgan fingerprint density at radius 2 is 2.10 bits per heavy atom. The van der Waals surface area contributed by atoms with Crippen molar-refractivity contribution in [3.8, 4) is 5.75 Å². The average Bonchev–Trinajstić information content (AvgIpc) is 3.19. The number of halogens is 3. The Bertz CT molecular complexity index is 877. The lowest BCUT2D eigenvalue weighted by Gasteiger charge is -2.20. The predicted octanol–water partition coefficient (Wildman–Crippen LogP) is 4.49. The van der Waals surface area contributed by atoms with Crippen molar-refractivity contribution < 1.29 is 17.9 Å². The highest BCUT2D eigenvalue weighted by atomic mass is 32.2. The van der Waals surface area contributed by atoms with E-state index >= 15 is 0 Å². The van der Waals surface area contributed by atoms with Gasteiger partial charge in [0, 0.05) is 43.4 Å². The number of anilines is 3. The van der Waals surface area contributed by atoms with Gasteiger partial charge in [-0.1, -0.05) is 0 Å². The first-order valence-electron chi connectivity index (χ1n) is 8.96. The normalized spacial score (nSPS) is 16.6. The van der Waals surface area contributed by atoms with Crippen molar-refractivity contribution in [2.75, 3.05) is 42.2 Å². The number of benzene rings is 1. The number of methoxy groups -OCH3 is 1. The van der Waals surface area contributed by atoms with Gasteiger partial charge in [-0.3, -0.25) is 0 Å². The van der Waals surface area contributed by atoms with Crippen molar-refractivity contribution in [2.45, 2.75) is 17.8 Å². The lowest BCUT2D eigenvalue weighted by molar-refractivity contribution is -0.137. The largest absolute Gasteiger partial charge is 0.494 e. The quantitative estimate of drug-likeness (QED) is 0.449. The second-order valence-electron chi connectivity index (χ2n) is 6.48. The Morgan fingerprint density at radius 3 is 2.76 bits per heavy atom. The van der Waals surface area contributed by atoms with Gasteiger partial charge in [-0.05, 0) is 42.6 Å². The van der Waals surface area contributed by atoms with Gasteiger partial charge < -0.3 is 25.1 Å². The fourth-order valence-electron chi connectivity index (χ4n) is 3.20. The molecular formula is C19H22F3N5OS. The first kappa shape index (κ1) is 21.1. The van der Waals surface area contributed by atoms with E-state index < -0.39 is 11.7 Å².